The summed E-state index contributed by atoms with van der Waals surface area (Å²) in [7, 11) is 0. The molecule has 2 heterocycles. The van der Waals surface area contributed by atoms with Gasteiger partial charge in [0, 0.05) is 29.7 Å². The van der Waals surface area contributed by atoms with E-state index in [0.717, 1.165) is 16.9 Å². The molecular weight excluding hydrogens is 488 g/mol. The number of hydrogen-bond acceptors (Lipinski definition) is 2. The largest absolute Gasteiger partial charge is 0.345 e. The van der Waals surface area contributed by atoms with Gasteiger partial charge in [-0.05, 0) is 60.5 Å². The molecule has 35 heavy (non-hydrogen) atoms. The quantitative estimate of drug-likeness (QED) is 0.335. The Morgan fingerprint density at radius 1 is 0.914 bits per heavy atom. The number of rotatable bonds is 3. The maximum absolute atomic E-state index is 13.9. The third-order valence-electron chi connectivity index (χ3n) is 6.16. The van der Waals surface area contributed by atoms with E-state index in [1.807, 2.05) is 42.6 Å². The molecule has 0 atom stereocenters. The number of aromatic nitrogens is 1. The molecule has 0 aliphatic carbocycles. The first-order valence-corrected chi connectivity index (χ1v) is 11.7. The van der Waals surface area contributed by atoms with Crippen LogP contribution in [0.3, 0.4) is 0 Å². The van der Waals surface area contributed by atoms with Crippen LogP contribution in [0.2, 0.25) is 10.0 Å². The molecule has 0 saturated heterocycles. The maximum Gasteiger partial charge on any atom is 0.260 e. The number of fused-ring (bicyclic) bond motifs is 2. The molecule has 5 nitrogen and oxygen atoms in total. The molecule has 2 amide bonds. The van der Waals surface area contributed by atoms with Crippen LogP contribution in [0, 0.1) is 12.7 Å². The number of amides is 2. The average molecular weight is 508 g/mol. The molecule has 5 rings (SSSR count). The molecule has 4 aromatic rings. The summed E-state index contributed by atoms with van der Waals surface area (Å²) in [6, 6.07) is 18.8. The number of anilines is 2. The van der Waals surface area contributed by atoms with E-state index in [0.29, 0.717) is 13.1 Å². The predicted molar refractivity (Wildman–Crippen MR) is 136 cm³/mol. The molecule has 0 bridgehead atoms. The van der Waals surface area contributed by atoms with E-state index in [1.165, 1.54) is 37.3 Å². The Morgan fingerprint density at radius 3 is 2.54 bits per heavy atom. The van der Waals surface area contributed by atoms with Crippen molar-refractivity contribution in [2.45, 2.75) is 20.0 Å². The van der Waals surface area contributed by atoms with Crippen LogP contribution in [-0.4, -0.2) is 16.4 Å². The molecule has 0 unspecified atom stereocenters. The minimum atomic E-state index is -0.527. The highest BCUT2D eigenvalue weighted by atomic mass is 35.5. The zero-order valence-electron chi connectivity index (χ0n) is 18.7. The van der Waals surface area contributed by atoms with Crippen molar-refractivity contribution < 1.29 is 14.0 Å². The number of para-hydroxylation sites is 1. The third kappa shape index (κ3) is 4.31. The van der Waals surface area contributed by atoms with Gasteiger partial charge < -0.3 is 14.8 Å². The summed E-state index contributed by atoms with van der Waals surface area (Å²) in [6.07, 6.45) is 1.99. The van der Waals surface area contributed by atoms with Gasteiger partial charge in [0.25, 0.3) is 11.8 Å². The Morgan fingerprint density at radius 2 is 1.71 bits per heavy atom. The smallest absolute Gasteiger partial charge is 0.260 e. The van der Waals surface area contributed by atoms with Crippen LogP contribution in [0.5, 0.6) is 0 Å². The number of nitrogens with one attached hydrogen (secondary N) is 1. The average Bonchev–Trinajstić information content (AvgIpc) is 3.21. The standard InChI is InChI=1S/C27H20Cl2FN3O2/c1-16-19(8-4-9-23(16)30)26(34)31-24-13-21(28)20(12-22(24)29)27(35)33-15-18-7-5-11-32(18)14-17-6-2-3-10-25(17)33/h2-13H,14-15H2,1H3,(H,31,34). The Bertz CT molecular complexity index is 1480. The summed E-state index contributed by atoms with van der Waals surface area (Å²) in [4.78, 5) is 28.1. The Hall–Kier alpha value is -3.61. The number of halogens is 3. The first kappa shape index (κ1) is 23.1. The molecule has 0 fully saturated rings. The van der Waals surface area contributed by atoms with E-state index >= 15 is 0 Å². The van der Waals surface area contributed by atoms with Crippen LogP contribution in [0.25, 0.3) is 0 Å². The molecule has 8 heteroatoms. The highest BCUT2D eigenvalue weighted by Gasteiger charge is 2.27. The van der Waals surface area contributed by atoms with Crippen molar-refractivity contribution in [1.29, 1.82) is 0 Å². The van der Waals surface area contributed by atoms with E-state index in [2.05, 4.69) is 9.88 Å². The summed E-state index contributed by atoms with van der Waals surface area (Å²) < 4.78 is 16.0. The van der Waals surface area contributed by atoms with E-state index < -0.39 is 11.7 Å². The fraction of sp³-hybridized carbons (Fsp3) is 0.111. The van der Waals surface area contributed by atoms with Gasteiger partial charge in [-0.15, -0.1) is 0 Å². The van der Waals surface area contributed by atoms with Gasteiger partial charge in [-0.1, -0.05) is 47.5 Å². The van der Waals surface area contributed by atoms with Crippen molar-refractivity contribution in [3.63, 3.8) is 0 Å². The lowest BCUT2D eigenvalue weighted by molar-refractivity contribution is 0.0984. The zero-order valence-corrected chi connectivity index (χ0v) is 20.2. The molecule has 1 aliphatic heterocycles. The number of nitrogens with zero attached hydrogens (tertiary/aromatic N) is 2. The molecule has 1 aromatic heterocycles. The minimum Gasteiger partial charge on any atom is -0.345 e. The van der Waals surface area contributed by atoms with Crippen molar-refractivity contribution in [1.82, 2.24) is 4.57 Å². The molecule has 0 saturated carbocycles. The van der Waals surface area contributed by atoms with E-state index in [1.54, 1.807) is 4.90 Å². The highest BCUT2D eigenvalue weighted by molar-refractivity contribution is 6.38. The van der Waals surface area contributed by atoms with Gasteiger partial charge in [0.15, 0.2) is 0 Å². The van der Waals surface area contributed by atoms with Gasteiger partial charge in [-0.25, -0.2) is 4.39 Å². The SMILES string of the molecule is Cc1c(F)cccc1C(=O)Nc1cc(Cl)c(C(=O)N2Cc3cccn3Cc3ccccc32)cc1Cl. The summed E-state index contributed by atoms with van der Waals surface area (Å²) in [6.45, 7) is 2.55. The lowest BCUT2D eigenvalue weighted by Crippen LogP contribution is -2.31. The first-order chi connectivity index (χ1) is 16.8. The lowest BCUT2D eigenvalue weighted by atomic mass is 10.1. The van der Waals surface area contributed by atoms with Crippen molar-refractivity contribution in [2.24, 2.45) is 0 Å². The second kappa shape index (κ2) is 9.21. The Balaban J connectivity index is 1.47. The predicted octanol–water partition coefficient (Wildman–Crippen LogP) is 6.70. The van der Waals surface area contributed by atoms with E-state index in [9.17, 15) is 14.0 Å². The van der Waals surface area contributed by atoms with Gasteiger partial charge in [0.2, 0.25) is 0 Å². The summed E-state index contributed by atoms with van der Waals surface area (Å²) in [5.41, 5.74) is 3.65. The normalized spacial score (nSPS) is 12.5. The molecule has 176 valence electrons. The second-order valence-corrected chi connectivity index (χ2v) is 9.14. The maximum atomic E-state index is 13.9. The van der Waals surface area contributed by atoms with Crippen molar-refractivity contribution in [2.75, 3.05) is 10.2 Å². The Labute approximate surface area is 211 Å². The Kier molecular flexibility index (Phi) is 6.09. The lowest BCUT2D eigenvalue weighted by Gasteiger charge is -2.23. The van der Waals surface area contributed by atoms with Gasteiger partial charge in [-0.3, -0.25) is 9.59 Å². The van der Waals surface area contributed by atoms with Crippen molar-refractivity contribution in [3.05, 3.63) is 117 Å². The summed E-state index contributed by atoms with van der Waals surface area (Å²) in [5, 5.41) is 2.95. The molecule has 1 N–H and O–H groups in total. The number of benzene rings is 3. The van der Waals surface area contributed by atoms with E-state index in [4.69, 9.17) is 23.2 Å². The summed E-state index contributed by atoms with van der Waals surface area (Å²) in [5.74, 6) is -1.31. The first-order valence-electron chi connectivity index (χ1n) is 10.9. The number of carbonyl (C=O) groups excluding carboxylic acids is 2. The topological polar surface area (TPSA) is 54.3 Å². The van der Waals surface area contributed by atoms with Crippen LogP contribution in [0.15, 0.2) is 72.9 Å². The summed E-state index contributed by atoms with van der Waals surface area (Å²) >= 11 is 13.0. The number of hydrogen-bond donors (Lipinski definition) is 1. The van der Waals surface area contributed by atoms with Crippen molar-refractivity contribution >= 4 is 46.4 Å². The van der Waals surface area contributed by atoms with Crippen LogP contribution >= 0.6 is 23.2 Å². The van der Waals surface area contributed by atoms with Crippen LogP contribution in [-0.2, 0) is 13.1 Å². The molecule has 0 radical (unpaired) electrons. The van der Waals surface area contributed by atoms with Crippen LogP contribution in [0.1, 0.15) is 37.5 Å². The molecular formula is C27H20Cl2FN3O2. The molecule has 1 aliphatic rings. The second-order valence-electron chi connectivity index (χ2n) is 8.33. The monoisotopic (exact) mass is 507 g/mol. The van der Waals surface area contributed by atoms with Crippen LogP contribution in [0.4, 0.5) is 15.8 Å². The fourth-order valence-corrected chi connectivity index (χ4v) is 4.72. The third-order valence-corrected chi connectivity index (χ3v) is 6.78. The minimum absolute atomic E-state index is 0.141. The molecule has 0 spiro atoms. The van der Waals surface area contributed by atoms with Gasteiger partial charge >= 0.3 is 0 Å². The fourth-order valence-electron chi connectivity index (χ4n) is 4.26. The zero-order chi connectivity index (χ0) is 24.7. The number of carbonyl (C=O) groups is 2. The van der Waals surface area contributed by atoms with Crippen LogP contribution < -0.4 is 10.2 Å². The van der Waals surface area contributed by atoms with Gasteiger partial charge in [-0.2, -0.15) is 0 Å². The van der Waals surface area contributed by atoms with E-state index in [-0.39, 0.29) is 38.3 Å². The van der Waals surface area contributed by atoms with Gasteiger partial charge in [0.05, 0.1) is 27.8 Å². The van der Waals surface area contributed by atoms with Gasteiger partial charge in [0.1, 0.15) is 5.82 Å². The molecule has 3 aromatic carbocycles. The van der Waals surface area contributed by atoms with Crippen molar-refractivity contribution in [3.8, 4) is 0 Å². The highest BCUT2D eigenvalue weighted by Crippen LogP contribution is 2.34.